The molecular formula is C19H23ClN3O3S+. The van der Waals surface area contributed by atoms with E-state index in [0.29, 0.717) is 10.6 Å². The summed E-state index contributed by atoms with van der Waals surface area (Å²) in [4.78, 5) is 16.0. The highest BCUT2D eigenvalue weighted by atomic mass is 35.5. The Morgan fingerprint density at radius 2 is 1.81 bits per heavy atom. The summed E-state index contributed by atoms with van der Waals surface area (Å²) in [7, 11) is -1.52. The lowest BCUT2D eigenvalue weighted by Gasteiger charge is -2.30. The van der Waals surface area contributed by atoms with Gasteiger partial charge in [-0.25, -0.2) is 13.1 Å². The molecule has 3 rings (SSSR count). The number of nitrogens with one attached hydrogen (secondary N) is 2. The van der Waals surface area contributed by atoms with Crippen molar-refractivity contribution in [2.45, 2.75) is 11.4 Å². The molecule has 0 radical (unpaired) electrons. The molecule has 0 atom stereocenters. The maximum atomic E-state index is 12.5. The van der Waals surface area contributed by atoms with Gasteiger partial charge in [-0.2, -0.15) is 0 Å². The number of amides is 1. The summed E-state index contributed by atoms with van der Waals surface area (Å²) in [5, 5.41) is 0.367. The van der Waals surface area contributed by atoms with Crippen LogP contribution in [0.4, 0.5) is 0 Å². The molecule has 2 N–H and O–H groups in total. The van der Waals surface area contributed by atoms with Gasteiger partial charge in [0.25, 0.3) is 5.91 Å². The smallest absolute Gasteiger partial charge is 0.254 e. The van der Waals surface area contributed by atoms with Crippen LogP contribution in [0.15, 0.2) is 53.4 Å². The SMILES string of the molecule is C[NH+]1CCN(C(=O)c2ccc(CNS(=O)(=O)c3cccc(Cl)c3)cc2)CC1. The third-order valence-electron chi connectivity index (χ3n) is 4.68. The lowest BCUT2D eigenvalue weighted by atomic mass is 10.1. The number of hydrogen-bond donors (Lipinski definition) is 2. The van der Waals surface area contributed by atoms with Gasteiger partial charge in [0, 0.05) is 17.1 Å². The first-order chi connectivity index (χ1) is 12.8. The van der Waals surface area contributed by atoms with Crippen molar-refractivity contribution in [1.82, 2.24) is 9.62 Å². The first kappa shape index (κ1) is 19.8. The highest BCUT2D eigenvalue weighted by molar-refractivity contribution is 7.89. The van der Waals surface area contributed by atoms with Gasteiger partial charge in [-0.1, -0.05) is 29.8 Å². The molecule has 1 fully saturated rings. The zero-order chi connectivity index (χ0) is 19.4. The first-order valence-corrected chi connectivity index (χ1v) is 10.7. The minimum atomic E-state index is -3.64. The predicted molar refractivity (Wildman–Crippen MR) is 104 cm³/mol. The predicted octanol–water partition coefficient (Wildman–Crippen LogP) is 0.789. The molecule has 0 saturated carbocycles. The Morgan fingerprint density at radius 1 is 1.15 bits per heavy atom. The molecule has 0 aliphatic carbocycles. The third kappa shape index (κ3) is 5.07. The molecule has 144 valence electrons. The van der Waals surface area contributed by atoms with E-state index in [1.807, 2.05) is 4.90 Å². The second-order valence-electron chi connectivity index (χ2n) is 6.73. The van der Waals surface area contributed by atoms with Crippen LogP contribution in [0.2, 0.25) is 5.02 Å². The number of carbonyl (C=O) groups excluding carboxylic acids is 1. The molecule has 27 heavy (non-hydrogen) atoms. The van der Waals surface area contributed by atoms with Crippen LogP contribution in [0.1, 0.15) is 15.9 Å². The molecule has 0 aromatic heterocycles. The van der Waals surface area contributed by atoms with Crippen molar-refractivity contribution in [3.05, 3.63) is 64.7 Å². The van der Waals surface area contributed by atoms with Gasteiger partial charge < -0.3 is 9.80 Å². The molecule has 2 aromatic carbocycles. The molecule has 1 amide bonds. The fourth-order valence-corrected chi connectivity index (χ4v) is 4.25. The zero-order valence-corrected chi connectivity index (χ0v) is 16.7. The van der Waals surface area contributed by atoms with Gasteiger partial charge in [-0.15, -0.1) is 0 Å². The monoisotopic (exact) mass is 408 g/mol. The average Bonchev–Trinajstić information content (AvgIpc) is 2.67. The number of rotatable bonds is 5. The van der Waals surface area contributed by atoms with Crippen LogP contribution in [0.5, 0.6) is 0 Å². The van der Waals surface area contributed by atoms with E-state index in [9.17, 15) is 13.2 Å². The first-order valence-electron chi connectivity index (χ1n) is 8.80. The van der Waals surface area contributed by atoms with Crippen LogP contribution in [-0.4, -0.2) is 52.5 Å². The quantitative estimate of drug-likeness (QED) is 0.768. The molecule has 0 spiro atoms. The van der Waals surface area contributed by atoms with E-state index in [1.165, 1.54) is 17.0 Å². The van der Waals surface area contributed by atoms with Gasteiger partial charge in [0.2, 0.25) is 10.0 Å². The molecule has 0 unspecified atom stereocenters. The van der Waals surface area contributed by atoms with Crippen LogP contribution in [-0.2, 0) is 16.6 Å². The van der Waals surface area contributed by atoms with Crippen molar-refractivity contribution in [3.8, 4) is 0 Å². The van der Waals surface area contributed by atoms with Gasteiger partial charge in [0.05, 0.1) is 38.1 Å². The summed E-state index contributed by atoms with van der Waals surface area (Å²) in [6, 6.07) is 13.2. The topological polar surface area (TPSA) is 70.9 Å². The summed E-state index contributed by atoms with van der Waals surface area (Å²) < 4.78 is 27.2. The van der Waals surface area contributed by atoms with Gasteiger partial charge >= 0.3 is 0 Å². The number of piperazine rings is 1. The van der Waals surface area contributed by atoms with Crippen molar-refractivity contribution >= 4 is 27.5 Å². The Bertz CT molecular complexity index is 908. The van der Waals surface area contributed by atoms with Crippen molar-refractivity contribution in [3.63, 3.8) is 0 Å². The molecule has 0 bridgehead atoms. The molecule has 1 saturated heterocycles. The fourth-order valence-electron chi connectivity index (χ4n) is 2.94. The minimum absolute atomic E-state index is 0.0218. The van der Waals surface area contributed by atoms with E-state index >= 15 is 0 Å². The van der Waals surface area contributed by atoms with Crippen LogP contribution < -0.4 is 9.62 Å². The average molecular weight is 409 g/mol. The Labute approximate surface area is 164 Å². The van der Waals surface area contributed by atoms with E-state index in [1.54, 1.807) is 36.4 Å². The van der Waals surface area contributed by atoms with Crippen LogP contribution in [0.25, 0.3) is 0 Å². The highest BCUT2D eigenvalue weighted by Crippen LogP contribution is 2.16. The van der Waals surface area contributed by atoms with E-state index < -0.39 is 10.0 Å². The summed E-state index contributed by atoms with van der Waals surface area (Å²) in [5.41, 5.74) is 1.40. The molecule has 2 aromatic rings. The number of sulfonamides is 1. The van der Waals surface area contributed by atoms with Gasteiger partial charge in [-0.3, -0.25) is 4.79 Å². The Balaban J connectivity index is 1.61. The van der Waals surface area contributed by atoms with Crippen LogP contribution >= 0.6 is 11.6 Å². The highest BCUT2D eigenvalue weighted by Gasteiger charge is 2.22. The zero-order valence-electron chi connectivity index (χ0n) is 15.1. The maximum Gasteiger partial charge on any atom is 0.254 e. The number of benzene rings is 2. The third-order valence-corrected chi connectivity index (χ3v) is 6.31. The van der Waals surface area contributed by atoms with Crippen molar-refractivity contribution in [1.29, 1.82) is 0 Å². The second-order valence-corrected chi connectivity index (χ2v) is 8.93. The van der Waals surface area contributed by atoms with Crippen molar-refractivity contribution < 1.29 is 18.1 Å². The van der Waals surface area contributed by atoms with Gasteiger partial charge in [0.1, 0.15) is 0 Å². The van der Waals surface area contributed by atoms with Crippen molar-refractivity contribution in [2.24, 2.45) is 0 Å². The summed E-state index contributed by atoms with van der Waals surface area (Å²) in [6.45, 7) is 3.56. The minimum Gasteiger partial charge on any atom is -0.334 e. The largest absolute Gasteiger partial charge is 0.334 e. The fraction of sp³-hybridized carbons (Fsp3) is 0.316. The van der Waals surface area contributed by atoms with Gasteiger partial charge in [0.15, 0.2) is 0 Å². The molecule has 1 heterocycles. The molecule has 8 heteroatoms. The van der Waals surface area contributed by atoms with E-state index in [2.05, 4.69) is 11.8 Å². The van der Waals surface area contributed by atoms with Gasteiger partial charge in [-0.05, 0) is 35.9 Å². The summed E-state index contributed by atoms with van der Waals surface area (Å²) >= 11 is 5.86. The lowest BCUT2D eigenvalue weighted by Crippen LogP contribution is -3.12. The van der Waals surface area contributed by atoms with Crippen molar-refractivity contribution in [2.75, 3.05) is 33.2 Å². The number of quaternary nitrogens is 1. The Morgan fingerprint density at radius 3 is 2.44 bits per heavy atom. The van der Waals surface area contributed by atoms with E-state index in [0.717, 1.165) is 31.7 Å². The Hall–Kier alpha value is -1.93. The molecular weight excluding hydrogens is 386 g/mol. The number of nitrogens with zero attached hydrogens (tertiary/aromatic N) is 1. The lowest BCUT2D eigenvalue weighted by molar-refractivity contribution is -0.883. The van der Waals surface area contributed by atoms with E-state index in [4.69, 9.17) is 11.6 Å². The number of halogens is 1. The molecule has 1 aliphatic heterocycles. The second kappa shape index (κ2) is 8.39. The number of likely N-dealkylation sites (N-methyl/N-ethyl adjacent to an activating group) is 1. The molecule has 1 aliphatic rings. The van der Waals surface area contributed by atoms with E-state index in [-0.39, 0.29) is 17.3 Å². The maximum absolute atomic E-state index is 12.5. The number of carbonyl (C=O) groups is 1. The summed E-state index contributed by atoms with van der Waals surface area (Å²) in [6.07, 6.45) is 0. The number of hydrogen-bond acceptors (Lipinski definition) is 3. The molecule has 6 nitrogen and oxygen atoms in total. The summed E-state index contributed by atoms with van der Waals surface area (Å²) in [5.74, 6) is 0.0218. The standard InChI is InChI=1S/C19H22ClN3O3S/c1-22-9-11-23(12-10-22)19(24)16-7-5-15(6-8-16)14-21-27(25,26)18-4-2-3-17(20)13-18/h2-8,13,21H,9-12,14H2,1H3/p+1. The van der Waals surface area contributed by atoms with Crippen LogP contribution in [0, 0.1) is 0 Å². The Kier molecular flexibility index (Phi) is 6.16. The van der Waals surface area contributed by atoms with Crippen LogP contribution in [0.3, 0.4) is 0 Å². The normalized spacial score (nSPS) is 15.7.